The standard InChI is InChI=1S/C4H5N2O/c1-7-6-4-2-3-5-6/h3-4H,1H3. The molecule has 1 aromatic heterocycles. The Kier molecular flexibility index (Phi) is 0.978. The van der Waals surface area contributed by atoms with E-state index in [-0.39, 0.29) is 0 Å². The fourth-order valence-electron chi connectivity index (χ4n) is 0.321. The molecule has 0 fully saturated rings. The van der Waals surface area contributed by atoms with Crippen molar-refractivity contribution in [2.24, 2.45) is 0 Å². The lowest BCUT2D eigenvalue weighted by atomic mass is 10.8. The highest BCUT2D eigenvalue weighted by Gasteiger charge is 1.78. The minimum absolute atomic E-state index is 1.32. The van der Waals surface area contributed by atoms with E-state index in [0.717, 1.165) is 0 Å². The van der Waals surface area contributed by atoms with Crippen LogP contribution in [0.1, 0.15) is 0 Å². The topological polar surface area (TPSA) is 27.1 Å². The Morgan fingerprint density at radius 3 is 3.00 bits per heavy atom. The van der Waals surface area contributed by atoms with Crippen LogP contribution in [0, 0.1) is 6.07 Å². The third-order valence-electron chi connectivity index (χ3n) is 0.618. The zero-order valence-corrected chi connectivity index (χ0v) is 3.96. The van der Waals surface area contributed by atoms with E-state index in [1.54, 1.807) is 13.3 Å². The average molecular weight is 97.1 g/mol. The molecule has 1 radical (unpaired) electrons. The van der Waals surface area contributed by atoms with Crippen molar-refractivity contribution in [3.05, 3.63) is 18.5 Å². The number of nitrogens with zero attached hydrogens (tertiary/aromatic N) is 2. The molecule has 0 spiro atoms. The van der Waals surface area contributed by atoms with Crippen LogP contribution in [-0.2, 0) is 0 Å². The number of hydrogen-bond donors (Lipinski definition) is 0. The highest BCUT2D eigenvalue weighted by molar-refractivity contribution is 4.71. The molecule has 0 aliphatic rings. The molecule has 0 bridgehead atoms. The normalized spacial score (nSPS) is 8.71. The van der Waals surface area contributed by atoms with E-state index in [1.165, 1.54) is 11.0 Å². The Hall–Kier alpha value is -0.990. The first kappa shape index (κ1) is 4.18. The van der Waals surface area contributed by atoms with Gasteiger partial charge in [-0.25, -0.2) is 0 Å². The van der Waals surface area contributed by atoms with Gasteiger partial charge >= 0.3 is 0 Å². The van der Waals surface area contributed by atoms with Crippen molar-refractivity contribution in [1.29, 1.82) is 0 Å². The van der Waals surface area contributed by atoms with Gasteiger partial charge in [0.15, 0.2) is 0 Å². The lowest BCUT2D eigenvalue weighted by molar-refractivity contribution is 0.134. The summed E-state index contributed by atoms with van der Waals surface area (Å²) in [6, 6.07) is 2.71. The molecule has 3 nitrogen and oxygen atoms in total. The summed E-state index contributed by atoms with van der Waals surface area (Å²) < 4.78 is 0. The van der Waals surface area contributed by atoms with Gasteiger partial charge in [0.1, 0.15) is 7.11 Å². The molecule has 0 amide bonds. The minimum Gasteiger partial charge on any atom is -0.400 e. The highest BCUT2D eigenvalue weighted by Crippen LogP contribution is 1.73. The van der Waals surface area contributed by atoms with Gasteiger partial charge in [-0.15, -0.1) is 9.94 Å². The van der Waals surface area contributed by atoms with Gasteiger partial charge in [0.25, 0.3) is 0 Å². The first-order chi connectivity index (χ1) is 3.43. The van der Waals surface area contributed by atoms with Crippen molar-refractivity contribution in [3.8, 4) is 0 Å². The zero-order valence-electron chi connectivity index (χ0n) is 3.96. The molecule has 0 atom stereocenters. The van der Waals surface area contributed by atoms with Gasteiger partial charge in [0.05, 0.1) is 12.4 Å². The predicted octanol–water partition coefficient (Wildman–Crippen LogP) is -0.258. The number of aromatic nitrogens is 2. The molecule has 0 aliphatic heterocycles. The molecule has 0 unspecified atom stereocenters. The molecule has 0 saturated heterocycles. The second-order valence-electron chi connectivity index (χ2n) is 1.03. The summed E-state index contributed by atoms with van der Waals surface area (Å²) >= 11 is 0. The van der Waals surface area contributed by atoms with E-state index in [4.69, 9.17) is 0 Å². The van der Waals surface area contributed by atoms with Crippen molar-refractivity contribution < 1.29 is 4.84 Å². The van der Waals surface area contributed by atoms with E-state index in [2.05, 4.69) is 16.0 Å². The van der Waals surface area contributed by atoms with E-state index in [1.807, 2.05) is 0 Å². The molecule has 37 valence electrons. The van der Waals surface area contributed by atoms with E-state index in [0.29, 0.717) is 0 Å². The minimum atomic E-state index is 1.32. The molecule has 1 rings (SSSR count). The van der Waals surface area contributed by atoms with Crippen molar-refractivity contribution in [1.82, 2.24) is 9.94 Å². The van der Waals surface area contributed by atoms with E-state index in [9.17, 15) is 0 Å². The van der Waals surface area contributed by atoms with E-state index >= 15 is 0 Å². The van der Waals surface area contributed by atoms with Gasteiger partial charge in [-0.05, 0) is 0 Å². The van der Waals surface area contributed by atoms with Gasteiger partial charge in [-0.3, -0.25) is 0 Å². The zero-order chi connectivity index (χ0) is 5.11. The van der Waals surface area contributed by atoms with Gasteiger partial charge in [-0.1, -0.05) is 0 Å². The van der Waals surface area contributed by atoms with Crippen LogP contribution in [0.4, 0.5) is 0 Å². The molecule has 0 aromatic carbocycles. The maximum absolute atomic E-state index is 4.63. The van der Waals surface area contributed by atoms with Crippen molar-refractivity contribution in [2.75, 3.05) is 7.11 Å². The van der Waals surface area contributed by atoms with E-state index < -0.39 is 0 Å². The summed E-state index contributed by atoms with van der Waals surface area (Å²) in [5.74, 6) is 0. The Labute approximate surface area is 41.5 Å². The average Bonchev–Trinajstić information content (AvgIpc) is 2.14. The fraction of sp³-hybridized carbons (Fsp3) is 0.250. The number of rotatable bonds is 1. The molecule has 3 heteroatoms. The monoisotopic (exact) mass is 97.0 g/mol. The molecule has 0 aliphatic carbocycles. The molecule has 0 N–H and O–H groups in total. The summed E-state index contributed by atoms with van der Waals surface area (Å²) in [7, 11) is 1.54. The maximum Gasteiger partial charge on any atom is 0.106 e. The van der Waals surface area contributed by atoms with Gasteiger partial charge in [-0.2, -0.15) is 0 Å². The van der Waals surface area contributed by atoms with Crippen LogP contribution in [0.25, 0.3) is 0 Å². The second kappa shape index (κ2) is 1.64. The summed E-state index contributed by atoms with van der Waals surface area (Å²) in [4.78, 5) is 5.95. The summed E-state index contributed by atoms with van der Waals surface area (Å²) in [6.07, 6.45) is 3.13. The molecular weight excluding hydrogens is 92.1 g/mol. The van der Waals surface area contributed by atoms with Crippen molar-refractivity contribution in [2.45, 2.75) is 0 Å². The van der Waals surface area contributed by atoms with Gasteiger partial charge in [0.2, 0.25) is 0 Å². The smallest absolute Gasteiger partial charge is 0.106 e. The largest absolute Gasteiger partial charge is 0.400 e. The first-order valence-corrected chi connectivity index (χ1v) is 1.88. The van der Waals surface area contributed by atoms with Gasteiger partial charge < -0.3 is 4.84 Å². The lowest BCUT2D eigenvalue weighted by Gasteiger charge is -1.91. The number of hydrogen-bond acceptors (Lipinski definition) is 2. The molecule has 1 aromatic rings. The van der Waals surface area contributed by atoms with Crippen LogP contribution >= 0.6 is 0 Å². The highest BCUT2D eigenvalue weighted by atomic mass is 16.7. The fourth-order valence-corrected chi connectivity index (χ4v) is 0.321. The SMILES string of the molecule is COn1c[c]cn1. The van der Waals surface area contributed by atoms with Crippen LogP contribution in [0.3, 0.4) is 0 Å². The maximum atomic E-state index is 4.63. The molecule has 1 heterocycles. The van der Waals surface area contributed by atoms with Crippen molar-refractivity contribution in [3.63, 3.8) is 0 Å². The Morgan fingerprint density at radius 1 is 1.86 bits per heavy atom. The quantitative estimate of drug-likeness (QED) is 0.482. The first-order valence-electron chi connectivity index (χ1n) is 1.88. The summed E-state index contributed by atoms with van der Waals surface area (Å²) in [6.45, 7) is 0. The molecule has 0 saturated carbocycles. The molecular formula is C4H5N2O. The Morgan fingerprint density at radius 2 is 2.71 bits per heavy atom. The van der Waals surface area contributed by atoms with Crippen LogP contribution in [0.5, 0.6) is 0 Å². The summed E-state index contributed by atoms with van der Waals surface area (Å²) in [5, 5.41) is 3.67. The second-order valence-corrected chi connectivity index (χ2v) is 1.03. The predicted molar refractivity (Wildman–Crippen MR) is 23.6 cm³/mol. The van der Waals surface area contributed by atoms with Crippen LogP contribution in [0.15, 0.2) is 12.4 Å². The van der Waals surface area contributed by atoms with Crippen molar-refractivity contribution >= 4 is 0 Å². The third-order valence-corrected chi connectivity index (χ3v) is 0.618. The lowest BCUT2D eigenvalue weighted by Crippen LogP contribution is -2.04. The molecule has 7 heavy (non-hydrogen) atoms. The van der Waals surface area contributed by atoms with Crippen LogP contribution in [0.2, 0.25) is 0 Å². The Bertz CT molecular complexity index is 124. The summed E-state index contributed by atoms with van der Waals surface area (Å²) in [5.41, 5.74) is 0. The third kappa shape index (κ3) is 0.707. The van der Waals surface area contributed by atoms with Crippen LogP contribution < -0.4 is 4.84 Å². The van der Waals surface area contributed by atoms with Crippen LogP contribution in [-0.4, -0.2) is 17.1 Å². The van der Waals surface area contributed by atoms with Gasteiger partial charge in [0, 0.05) is 6.07 Å². The Balaban J connectivity index is 2.76.